The van der Waals surface area contributed by atoms with Gasteiger partial charge in [0.1, 0.15) is 12.1 Å². The van der Waals surface area contributed by atoms with E-state index in [-0.39, 0.29) is 0 Å². The second-order valence-electron chi connectivity index (χ2n) is 3.46. The first-order valence-electron chi connectivity index (χ1n) is 4.67. The van der Waals surface area contributed by atoms with Gasteiger partial charge in [-0.15, -0.1) is 0 Å². The predicted molar refractivity (Wildman–Crippen MR) is 54.7 cm³/mol. The van der Waals surface area contributed by atoms with E-state index in [2.05, 4.69) is 15.2 Å². The van der Waals surface area contributed by atoms with E-state index in [4.69, 9.17) is 0 Å². The van der Waals surface area contributed by atoms with Crippen LogP contribution in [0.3, 0.4) is 0 Å². The highest BCUT2D eigenvalue weighted by atomic mass is 16.1. The lowest BCUT2D eigenvalue weighted by Gasteiger charge is -2.39. The van der Waals surface area contributed by atoms with Gasteiger partial charge < -0.3 is 10.2 Å². The normalized spacial score (nSPS) is 16.5. The average Bonchev–Trinajstić information content (AvgIpc) is 2.17. The summed E-state index contributed by atoms with van der Waals surface area (Å²) in [6, 6.07) is 4.08. The van der Waals surface area contributed by atoms with Crippen molar-refractivity contribution in [3.63, 3.8) is 0 Å². The van der Waals surface area contributed by atoms with Crippen LogP contribution in [0, 0.1) is 0 Å². The van der Waals surface area contributed by atoms with Gasteiger partial charge in [-0.2, -0.15) is 0 Å². The van der Waals surface area contributed by atoms with Crippen molar-refractivity contribution in [2.45, 2.75) is 6.04 Å². The molecule has 0 atom stereocenters. The largest absolute Gasteiger partial charge is 0.353 e. The maximum atomic E-state index is 10.5. The van der Waals surface area contributed by atoms with Crippen molar-refractivity contribution in [2.24, 2.45) is 0 Å². The summed E-state index contributed by atoms with van der Waals surface area (Å²) in [5.74, 6) is 0.890. The number of carbonyl (C=O) groups excluding carboxylic acids is 1. The van der Waals surface area contributed by atoms with Crippen LogP contribution in [0.1, 0.15) is 10.4 Å². The third-order valence-corrected chi connectivity index (χ3v) is 2.52. The number of aromatic nitrogens is 1. The molecule has 0 radical (unpaired) electrons. The molecule has 1 aromatic rings. The third kappa shape index (κ3) is 1.61. The first-order chi connectivity index (χ1) is 6.83. The van der Waals surface area contributed by atoms with Crippen LogP contribution in [0.2, 0.25) is 0 Å². The zero-order valence-electron chi connectivity index (χ0n) is 8.10. The topological polar surface area (TPSA) is 45.2 Å². The zero-order valence-corrected chi connectivity index (χ0v) is 8.10. The molecule has 1 N–H and O–H groups in total. The molecule has 74 valence electrons. The third-order valence-electron chi connectivity index (χ3n) is 2.52. The minimum Gasteiger partial charge on any atom is -0.353 e. The van der Waals surface area contributed by atoms with Gasteiger partial charge in [-0.3, -0.25) is 4.79 Å². The van der Waals surface area contributed by atoms with Gasteiger partial charge in [0.2, 0.25) is 0 Å². The van der Waals surface area contributed by atoms with Crippen LogP contribution in [0.4, 0.5) is 5.82 Å². The summed E-state index contributed by atoms with van der Waals surface area (Å²) in [6.45, 7) is 1.93. The second kappa shape index (κ2) is 3.75. The Balaban J connectivity index is 2.07. The van der Waals surface area contributed by atoms with Gasteiger partial charge in [0.15, 0.2) is 0 Å². The van der Waals surface area contributed by atoms with Crippen LogP contribution in [0.15, 0.2) is 18.3 Å². The van der Waals surface area contributed by atoms with Crippen molar-refractivity contribution in [1.29, 1.82) is 0 Å². The summed E-state index contributed by atoms with van der Waals surface area (Å²) in [7, 11) is 1.96. The van der Waals surface area contributed by atoms with Gasteiger partial charge >= 0.3 is 0 Å². The number of aldehydes is 1. The second-order valence-corrected chi connectivity index (χ2v) is 3.46. The summed E-state index contributed by atoms with van der Waals surface area (Å²) < 4.78 is 0. The van der Waals surface area contributed by atoms with Crippen LogP contribution in [0.5, 0.6) is 0 Å². The van der Waals surface area contributed by atoms with Crippen LogP contribution in [-0.2, 0) is 0 Å². The minimum absolute atomic E-state index is 0.552. The van der Waals surface area contributed by atoms with E-state index in [0.29, 0.717) is 11.6 Å². The van der Waals surface area contributed by atoms with E-state index in [1.54, 1.807) is 12.3 Å². The lowest BCUT2D eigenvalue weighted by atomic mass is 10.1. The highest BCUT2D eigenvalue weighted by Crippen LogP contribution is 2.18. The molecule has 1 saturated heterocycles. The smallest absolute Gasteiger partial charge is 0.150 e. The Hall–Kier alpha value is -1.42. The number of hydrogen-bond acceptors (Lipinski definition) is 4. The molecule has 0 saturated carbocycles. The lowest BCUT2D eigenvalue weighted by Crippen LogP contribution is -2.57. The van der Waals surface area contributed by atoms with Gasteiger partial charge in [-0.1, -0.05) is 0 Å². The minimum atomic E-state index is 0.552. The molecule has 0 spiro atoms. The molecule has 1 aliphatic heterocycles. The molecule has 1 aliphatic rings. The van der Waals surface area contributed by atoms with Gasteiger partial charge in [-0.25, -0.2) is 4.98 Å². The summed E-state index contributed by atoms with van der Waals surface area (Å²) in [5, 5.41) is 3.19. The Bertz CT molecular complexity index is 334. The number of hydrogen-bond donors (Lipinski definition) is 1. The van der Waals surface area contributed by atoms with Gasteiger partial charge in [0.25, 0.3) is 0 Å². The average molecular weight is 191 g/mol. The van der Waals surface area contributed by atoms with Crippen LogP contribution in [-0.4, -0.2) is 37.4 Å². The van der Waals surface area contributed by atoms with E-state index >= 15 is 0 Å². The molecule has 4 heteroatoms. The highest BCUT2D eigenvalue weighted by Gasteiger charge is 2.25. The first kappa shape index (κ1) is 9.15. The fourth-order valence-electron chi connectivity index (χ4n) is 1.53. The Labute approximate surface area is 82.9 Å². The summed E-state index contributed by atoms with van der Waals surface area (Å²) in [6.07, 6.45) is 2.52. The quantitative estimate of drug-likeness (QED) is 0.698. The van der Waals surface area contributed by atoms with Gasteiger partial charge in [-0.05, 0) is 19.2 Å². The molecule has 2 rings (SSSR count). The molecule has 14 heavy (non-hydrogen) atoms. The standard InChI is InChI=1S/C10H13N3O/c1-11-9-5-13(6-9)10-4-8(7-14)2-3-12-10/h2-4,7,9,11H,5-6H2,1H3. The van der Waals surface area contributed by atoms with Gasteiger partial charge in [0.05, 0.1) is 0 Å². The maximum absolute atomic E-state index is 10.5. The van der Waals surface area contributed by atoms with E-state index in [0.717, 1.165) is 25.2 Å². The number of nitrogens with one attached hydrogen (secondary N) is 1. The summed E-state index contributed by atoms with van der Waals surface area (Å²) >= 11 is 0. The SMILES string of the molecule is CNC1CN(c2cc(C=O)ccn2)C1. The molecular weight excluding hydrogens is 178 g/mol. The zero-order chi connectivity index (χ0) is 9.97. The lowest BCUT2D eigenvalue weighted by molar-refractivity contribution is 0.112. The van der Waals surface area contributed by atoms with Crippen molar-refractivity contribution in [2.75, 3.05) is 25.0 Å². The molecule has 0 aliphatic carbocycles. The van der Waals surface area contributed by atoms with Crippen molar-refractivity contribution in [3.8, 4) is 0 Å². The molecular formula is C10H13N3O. The summed E-state index contributed by atoms with van der Waals surface area (Å²) in [4.78, 5) is 16.9. The first-order valence-corrected chi connectivity index (χ1v) is 4.67. The number of rotatable bonds is 3. The molecule has 0 amide bonds. The van der Waals surface area contributed by atoms with Crippen molar-refractivity contribution in [1.82, 2.24) is 10.3 Å². The Morgan fingerprint density at radius 3 is 3.07 bits per heavy atom. The monoisotopic (exact) mass is 191 g/mol. The number of likely N-dealkylation sites (N-methyl/N-ethyl adjacent to an activating group) is 1. The molecule has 1 fully saturated rings. The molecule has 0 bridgehead atoms. The fraction of sp³-hybridized carbons (Fsp3) is 0.400. The fourth-order valence-corrected chi connectivity index (χ4v) is 1.53. The van der Waals surface area contributed by atoms with Crippen molar-refractivity contribution in [3.05, 3.63) is 23.9 Å². The summed E-state index contributed by atoms with van der Waals surface area (Å²) in [5.41, 5.74) is 0.683. The Morgan fingerprint density at radius 1 is 1.64 bits per heavy atom. The maximum Gasteiger partial charge on any atom is 0.150 e. The molecule has 4 nitrogen and oxygen atoms in total. The highest BCUT2D eigenvalue weighted by molar-refractivity contribution is 5.76. The molecule has 0 unspecified atom stereocenters. The number of anilines is 1. The molecule has 2 heterocycles. The van der Waals surface area contributed by atoms with Crippen LogP contribution < -0.4 is 10.2 Å². The van der Waals surface area contributed by atoms with E-state index in [9.17, 15) is 4.79 Å². The molecule has 1 aromatic heterocycles. The Kier molecular flexibility index (Phi) is 2.45. The van der Waals surface area contributed by atoms with E-state index in [1.165, 1.54) is 0 Å². The molecule has 0 aromatic carbocycles. The van der Waals surface area contributed by atoms with Crippen LogP contribution in [0.25, 0.3) is 0 Å². The van der Waals surface area contributed by atoms with Gasteiger partial charge in [0, 0.05) is 30.9 Å². The number of carbonyl (C=O) groups is 1. The number of pyridine rings is 1. The number of nitrogens with zero attached hydrogens (tertiary/aromatic N) is 2. The van der Waals surface area contributed by atoms with Crippen LogP contribution >= 0.6 is 0 Å². The van der Waals surface area contributed by atoms with E-state index in [1.807, 2.05) is 13.1 Å². The van der Waals surface area contributed by atoms with Crippen molar-refractivity contribution >= 4 is 12.1 Å². The Morgan fingerprint density at radius 2 is 2.43 bits per heavy atom. The van der Waals surface area contributed by atoms with E-state index < -0.39 is 0 Å². The van der Waals surface area contributed by atoms with Crippen molar-refractivity contribution < 1.29 is 4.79 Å². The predicted octanol–water partition coefficient (Wildman–Crippen LogP) is 0.302.